The van der Waals surface area contributed by atoms with Gasteiger partial charge in [0, 0.05) is 5.75 Å². The summed E-state index contributed by atoms with van der Waals surface area (Å²) in [4.78, 5) is 0. The van der Waals surface area contributed by atoms with Crippen molar-refractivity contribution in [1.29, 1.82) is 0 Å². The molecule has 0 aromatic carbocycles. The minimum atomic E-state index is -2.84. The number of nitrogens with two attached hydrogens (primary N) is 1. The molecule has 0 aromatic heterocycles. The first-order chi connectivity index (χ1) is 6.00. The van der Waals surface area contributed by atoms with E-state index in [1.807, 2.05) is 0 Å². The van der Waals surface area contributed by atoms with Gasteiger partial charge in [-0.05, 0) is 32.6 Å². The highest BCUT2D eigenvalue weighted by molar-refractivity contribution is 8.00. The molecule has 0 atom stereocenters. The van der Waals surface area contributed by atoms with Gasteiger partial charge in [-0.25, -0.2) is 8.42 Å². The van der Waals surface area contributed by atoms with Crippen molar-refractivity contribution in [3.05, 3.63) is 0 Å². The third-order valence-electron chi connectivity index (χ3n) is 1.72. The van der Waals surface area contributed by atoms with Gasteiger partial charge in [0.25, 0.3) is 0 Å². The molecule has 0 radical (unpaired) electrons. The summed E-state index contributed by atoms with van der Waals surface area (Å²) >= 11 is 1.66. The van der Waals surface area contributed by atoms with E-state index in [-0.39, 0.29) is 5.25 Å². The van der Waals surface area contributed by atoms with Crippen molar-refractivity contribution in [2.75, 3.05) is 23.8 Å². The minimum Gasteiger partial charge on any atom is -0.330 e. The van der Waals surface area contributed by atoms with Gasteiger partial charge in [-0.15, -0.1) is 0 Å². The molecule has 5 heteroatoms. The Balaban J connectivity index is 3.53. The molecule has 0 aliphatic rings. The van der Waals surface area contributed by atoms with E-state index in [0.717, 1.165) is 12.2 Å². The van der Waals surface area contributed by atoms with Crippen molar-refractivity contribution in [1.82, 2.24) is 0 Å². The lowest BCUT2D eigenvalue weighted by molar-refractivity contribution is 0.589. The fraction of sp³-hybridized carbons (Fsp3) is 1.00. The maximum atomic E-state index is 11.3. The van der Waals surface area contributed by atoms with Gasteiger partial charge in [0.05, 0.1) is 11.0 Å². The molecule has 0 fully saturated rings. The largest absolute Gasteiger partial charge is 0.330 e. The molecule has 0 aliphatic heterocycles. The third kappa shape index (κ3) is 6.35. The van der Waals surface area contributed by atoms with Crippen molar-refractivity contribution in [2.24, 2.45) is 5.73 Å². The van der Waals surface area contributed by atoms with Crippen LogP contribution in [0.3, 0.4) is 0 Å². The number of hydrogen-bond donors (Lipinski definition) is 1. The monoisotopic (exact) mass is 225 g/mol. The lowest BCUT2D eigenvalue weighted by Crippen LogP contribution is -2.19. The maximum absolute atomic E-state index is 11.3. The van der Waals surface area contributed by atoms with Crippen LogP contribution in [0.15, 0.2) is 0 Å². The average Bonchev–Trinajstić information content (AvgIpc) is 2.03. The molecule has 0 aliphatic carbocycles. The smallest absolute Gasteiger partial charge is 0.153 e. The molecule has 0 saturated heterocycles. The second-order valence-electron chi connectivity index (χ2n) is 3.17. The minimum absolute atomic E-state index is 0.248. The Kier molecular flexibility index (Phi) is 6.81. The highest BCUT2D eigenvalue weighted by Crippen LogP contribution is 2.07. The Morgan fingerprint density at radius 2 is 1.92 bits per heavy atom. The molecule has 80 valence electrons. The Hall–Kier alpha value is 0.260. The van der Waals surface area contributed by atoms with Crippen LogP contribution in [-0.2, 0) is 9.84 Å². The zero-order valence-electron chi connectivity index (χ0n) is 8.32. The average molecular weight is 225 g/mol. The van der Waals surface area contributed by atoms with Gasteiger partial charge in [0.15, 0.2) is 9.84 Å². The van der Waals surface area contributed by atoms with Crippen molar-refractivity contribution >= 4 is 21.6 Å². The first-order valence-electron chi connectivity index (χ1n) is 4.50. The molecule has 3 nitrogen and oxygen atoms in total. The molecule has 0 unspecified atom stereocenters. The van der Waals surface area contributed by atoms with Crippen LogP contribution in [0.4, 0.5) is 0 Å². The van der Waals surface area contributed by atoms with E-state index in [2.05, 4.69) is 0 Å². The van der Waals surface area contributed by atoms with E-state index in [0.29, 0.717) is 18.1 Å². The summed E-state index contributed by atoms with van der Waals surface area (Å²) in [5, 5.41) is -0.248. The molecule has 0 bridgehead atoms. The predicted molar refractivity (Wildman–Crippen MR) is 59.9 cm³/mol. The van der Waals surface area contributed by atoms with E-state index in [1.165, 1.54) is 0 Å². The van der Waals surface area contributed by atoms with Crippen molar-refractivity contribution in [2.45, 2.75) is 25.5 Å². The molecule has 2 N–H and O–H groups in total. The molecular weight excluding hydrogens is 206 g/mol. The lowest BCUT2D eigenvalue weighted by atomic mass is 10.5. The molecule has 0 saturated carbocycles. The van der Waals surface area contributed by atoms with Gasteiger partial charge >= 0.3 is 0 Å². The SMILES string of the molecule is CC(C)S(=O)(=O)CCSCCCN. The van der Waals surface area contributed by atoms with Gasteiger partial charge in [-0.2, -0.15) is 11.8 Å². The summed E-state index contributed by atoms with van der Waals surface area (Å²) in [6.07, 6.45) is 0.965. The van der Waals surface area contributed by atoms with E-state index < -0.39 is 9.84 Å². The predicted octanol–water partition coefficient (Wildman–Crippen LogP) is 0.892. The van der Waals surface area contributed by atoms with Crippen molar-refractivity contribution in [3.8, 4) is 0 Å². The quantitative estimate of drug-likeness (QED) is 0.654. The van der Waals surface area contributed by atoms with Crippen LogP contribution in [0, 0.1) is 0 Å². The van der Waals surface area contributed by atoms with Gasteiger partial charge in [-0.3, -0.25) is 0 Å². The molecule has 0 amide bonds. The van der Waals surface area contributed by atoms with Crippen LogP contribution >= 0.6 is 11.8 Å². The van der Waals surface area contributed by atoms with E-state index in [1.54, 1.807) is 25.6 Å². The molecule has 0 heterocycles. The first kappa shape index (κ1) is 13.3. The summed E-state index contributed by atoms with van der Waals surface area (Å²) < 4.78 is 22.6. The van der Waals surface area contributed by atoms with Gasteiger partial charge in [0.1, 0.15) is 0 Å². The molecule has 0 rings (SSSR count). The number of rotatable bonds is 7. The second-order valence-corrected chi connectivity index (χ2v) is 7.07. The third-order valence-corrected chi connectivity index (χ3v) is 5.26. The molecular formula is C8H19NO2S2. The summed E-state index contributed by atoms with van der Waals surface area (Å²) in [5.41, 5.74) is 5.31. The van der Waals surface area contributed by atoms with Crippen LogP contribution in [0.1, 0.15) is 20.3 Å². The Bertz CT molecular complexity index is 212. The highest BCUT2D eigenvalue weighted by Gasteiger charge is 2.14. The lowest BCUT2D eigenvalue weighted by Gasteiger charge is -2.06. The van der Waals surface area contributed by atoms with Crippen LogP contribution in [0.25, 0.3) is 0 Å². The van der Waals surface area contributed by atoms with Crippen LogP contribution in [0.2, 0.25) is 0 Å². The van der Waals surface area contributed by atoms with Crippen LogP contribution in [0.5, 0.6) is 0 Å². The Morgan fingerprint density at radius 1 is 1.31 bits per heavy atom. The molecule has 0 aromatic rings. The second kappa shape index (κ2) is 6.68. The summed E-state index contributed by atoms with van der Waals surface area (Å²) in [6.45, 7) is 4.13. The Labute approximate surface area is 85.4 Å². The van der Waals surface area contributed by atoms with Crippen LogP contribution < -0.4 is 5.73 Å². The van der Waals surface area contributed by atoms with Gasteiger partial charge < -0.3 is 5.73 Å². The Morgan fingerprint density at radius 3 is 2.38 bits per heavy atom. The number of thioether (sulfide) groups is 1. The fourth-order valence-electron chi connectivity index (χ4n) is 0.698. The maximum Gasteiger partial charge on any atom is 0.153 e. The topological polar surface area (TPSA) is 60.2 Å². The van der Waals surface area contributed by atoms with Crippen molar-refractivity contribution < 1.29 is 8.42 Å². The standard InChI is InChI=1S/C8H19NO2S2/c1-8(2)13(10,11)7-6-12-5-3-4-9/h8H,3-7,9H2,1-2H3. The van der Waals surface area contributed by atoms with Gasteiger partial charge in [0.2, 0.25) is 0 Å². The van der Waals surface area contributed by atoms with E-state index >= 15 is 0 Å². The molecule has 0 spiro atoms. The zero-order valence-corrected chi connectivity index (χ0v) is 9.96. The summed E-state index contributed by atoms with van der Waals surface area (Å²) in [5.74, 6) is 1.95. The zero-order chi connectivity index (χ0) is 10.3. The summed E-state index contributed by atoms with van der Waals surface area (Å²) in [6, 6.07) is 0. The van der Waals surface area contributed by atoms with E-state index in [4.69, 9.17) is 5.73 Å². The highest BCUT2D eigenvalue weighted by atomic mass is 32.2. The summed E-state index contributed by atoms with van der Waals surface area (Å²) in [7, 11) is -2.84. The van der Waals surface area contributed by atoms with Crippen molar-refractivity contribution in [3.63, 3.8) is 0 Å². The number of hydrogen-bond acceptors (Lipinski definition) is 4. The van der Waals surface area contributed by atoms with E-state index in [9.17, 15) is 8.42 Å². The number of sulfone groups is 1. The fourth-order valence-corrected chi connectivity index (χ4v) is 3.15. The van der Waals surface area contributed by atoms with Crippen LogP contribution in [-0.4, -0.2) is 37.5 Å². The normalized spacial score (nSPS) is 12.3. The molecule has 13 heavy (non-hydrogen) atoms. The first-order valence-corrected chi connectivity index (χ1v) is 7.37. The van der Waals surface area contributed by atoms with Gasteiger partial charge in [-0.1, -0.05) is 0 Å².